The molecule has 2 N–H and O–H groups in total. The maximum absolute atomic E-state index is 12.6. The van der Waals surface area contributed by atoms with Crippen LogP contribution in [0.25, 0.3) is 16.8 Å². The summed E-state index contributed by atoms with van der Waals surface area (Å²) in [6, 6.07) is 1.82. The van der Waals surface area contributed by atoms with Crippen LogP contribution in [0, 0.1) is 11.8 Å². The lowest BCUT2D eigenvalue weighted by atomic mass is 9.93. The number of hydrogen-bond acceptors (Lipinski definition) is 5. The Bertz CT molecular complexity index is 1170. The van der Waals surface area contributed by atoms with Gasteiger partial charge in [-0.2, -0.15) is 0 Å². The van der Waals surface area contributed by atoms with E-state index in [1.807, 2.05) is 16.7 Å². The van der Waals surface area contributed by atoms with Crippen molar-refractivity contribution < 1.29 is 8.42 Å². The maximum atomic E-state index is 12.6. The van der Waals surface area contributed by atoms with Gasteiger partial charge in [0.2, 0.25) is 10.0 Å². The highest BCUT2D eigenvalue weighted by molar-refractivity contribution is 7.89. The molecule has 5 rings (SSSR count). The van der Waals surface area contributed by atoms with E-state index in [0.717, 1.165) is 29.8 Å². The molecule has 29 heavy (non-hydrogen) atoms. The Morgan fingerprint density at radius 1 is 1.34 bits per heavy atom. The van der Waals surface area contributed by atoms with Crippen LogP contribution >= 0.6 is 23.2 Å². The van der Waals surface area contributed by atoms with Crippen molar-refractivity contribution in [2.75, 3.05) is 5.75 Å². The minimum Gasteiger partial charge on any atom is -0.345 e. The van der Waals surface area contributed by atoms with Crippen LogP contribution in [0.2, 0.25) is 0 Å². The topological polar surface area (TPSA) is 105 Å². The Kier molecular flexibility index (Phi) is 4.58. The Morgan fingerprint density at radius 3 is 2.86 bits per heavy atom. The molecule has 0 amide bonds. The predicted molar refractivity (Wildman–Crippen MR) is 112 cm³/mol. The van der Waals surface area contributed by atoms with Crippen molar-refractivity contribution in [1.29, 1.82) is 0 Å². The summed E-state index contributed by atoms with van der Waals surface area (Å²) in [5.41, 5.74) is 2.40. The second kappa shape index (κ2) is 6.80. The molecule has 2 saturated carbocycles. The van der Waals surface area contributed by atoms with E-state index in [-0.39, 0.29) is 23.6 Å². The van der Waals surface area contributed by atoms with Crippen molar-refractivity contribution in [2.24, 2.45) is 11.8 Å². The molecule has 0 spiro atoms. The van der Waals surface area contributed by atoms with Gasteiger partial charge in [0, 0.05) is 24.1 Å². The number of aromatic nitrogens is 5. The van der Waals surface area contributed by atoms with Crippen molar-refractivity contribution in [1.82, 2.24) is 29.3 Å². The van der Waals surface area contributed by atoms with Crippen LogP contribution in [-0.4, -0.2) is 49.1 Å². The summed E-state index contributed by atoms with van der Waals surface area (Å²) in [6.45, 7) is 2.13. The first kappa shape index (κ1) is 19.5. The molecule has 0 saturated heterocycles. The summed E-state index contributed by atoms with van der Waals surface area (Å²) in [4.78, 5) is 7.48. The minimum absolute atomic E-state index is 0.0263. The Labute approximate surface area is 178 Å². The van der Waals surface area contributed by atoms with E-state index in [9.17, 15) is 8.42 Å². The molecule has 0 bridgehead atoms. The van der Waals surface area contributed by atoms with Gasteiger partial charge in [-0.25, -0.2) is 18.1 Å². The smallest absolute Gasteiger partial charge is 0.212 e. The van der Waals surface area contributed by atoms with Crippen molar-refractivity contribution in [2.45, 2.75) is 48.9 Å². The normalized spacial score (nSPS) is 29.1. The number of nitrogens with zero attached hydrogens (tertiary/aromatic N) is 4. The van der Waals surface area contributed by atoms with Gasteiger partial charge in [0.05, 0.1) is 17.5 Å². The number of sulfonamides is 1. The number of hydrogen-bond donors (Lipinski definition) is 2. The summed E-state index contributed by atoms with van der Waals surface area (Å²) < 4.78 is 29.2. The molecular weight excluding hydrogens is 435 g/mol. The molecule has 2 aliphatic carbocycles. The summed E-state index contributed by atoms with van der Waals surface area (Å²) in [7, 11) is -3.44. The highest BCUT2D eigenvalue weighted by Gasteiger charge is 2.53. The molecule has 1 unspecified atom stereocenters. The molecule has 2 aliphatic rings. The van der Waals surface area contributed by atoms with E-state index in [0.29, 0.717) is 24.4 Å². The van der Waals surface area contributed by atoms with Gasteiger partial charge in [-0.15, -0.1) is 33.4 Å². The molecule has 2 fully saturated rings. The largest absolute Gasteiger partial charge is 0.345 e. The quantitative estimate of drug-likeness (QED) is 0.554. The molecule has 0 aromatic carbocycles. The molecule has 0 aliphatic heterocycles. The molecule has 4 atom stereocenters. The number of halogens is 2. The third-order valence-electron chi connectivity index (χ3n) is 6.24. The molecule has 3 aromatic rings. The van der Waals surface area contributed by atoms with Crippen molar-refractivity contribution in [3.05, 3.63) is 24.3 Å². The second-order valence-electron chi connectivity index (χ2n) is 8.23. The van der Waals surface area contributed by atoms with Gasteiger partial charge in [0.1, 0.15) is 10.2 Å². The first-order valence-corrected chi connectivity index (χ1v) is 12.2. The van der Waals surface area contributed by atoms with Crippen LogP contribution in [0.5, 0.6) is 0 Å². The first-order chi connectivity index (χ1) is 13.8. The van der Waals surface area contributed by atoms with E-state index in [1.54, 1.807) is 6.20 Å². The van der Waals surface area contributed by atoms with Crippen molar-refractivity contribution in [3.8, 4) is 0 Å². The number of alkyl halides is 2. The number of aromatic amines is 1. The average molecular weight is 457 g/mol. The maximum Gasteiger partial charge on any atom is 0.212 e. The van der Waals surface area contributed by atoms with Crippen molar-refractivity contribution in [3.63, 3.8) is 0 Å². The van der Waals surface area contributed by atoms with Gasteiger partial charge in [0.25, 0.3) is 0 Å². The standard InChI is InChI=1S/C18H22Cl2N6O2S/c1-2-10-5-12(25-29(27,28)9-11-7-18(11,19)20)6-13(10)17-24-23-15-8-22-16-14(26(15)17)3-4-21-16/h3-4,8,10-13,21,25H,2,5-7,9H2,1H3/t10-,11?,12+,13+/m1/s1. The number of rotatable bonds is 6. The molecule has 3 aromatic heterocycles. The summed E-state index contributed by atoms with van der Waals surface area (Å²) in [5, 5.41) is 8.75. The van der Waals surface area contributed by atoms with Gasteiger partial charge in [-0.1, -0.05) is 13.3 Å². The molecule has 3 heterocycles. The zero-order chi connectivity index (χ0) is 20.4. The third kappa shape index (κ3) is 3.52. The van der Waals surface area contributed by atoms with Crippen molar-refractivity contribution >= 4 is 50.0 Å². The SMILES string of the molecule is CC[C@@H]1C[C@H](NS(=O)(=O)CC2CC2(Cl)Cl)C[C@@H]1c1nnc2cnc3[nH]ccc3n12. The fourth-order valence-electron chi connectivity index (χ4n) is 4.64. The Hall–Kier alpha value is -1.42. The number of H-pyrrole nitrogens is 1. The van der Waals surface area contributed by atoms with E-state index < -0.39 is 14.4 Å². The fraction of sp³-hybridized carbons (Fsp3) is 0.611. The van der Waals surface area contributed by atoms with E-state index in [1.165, 1.54) is 0 Å². The van der Waals surface area contributed by atoms with Crippen LogP contribution in [0.4, 0.5) is 0 Å². The number of nitrogens with one attached hydrogen (secondary N) is 2. The fourth-order valence-corrected chi connectivity index (χ4v) is 7.08. The summed E-state index contributed by atoms with van der Waals surface area (Å²) in [5.74, 6) is 1.07. The summed E-state index contributed by atoms with van der Waals surface area (Å²) >= 11 is 12.0. The van der Waals surface area contributed by atoms with Gasteiger partial charge in [-0.3, -0.25) is 4.40 Å². The van der Waals surface area contributed by atoms with Gasteiger partial charge in [-0.05, 0) is 31.2 Å². The lowest BCUT2D eigenvalue weighted by Crippen LogP contribution is -2.35. The lowest BCUT2D eigenvalue weighted by molar-refractivity contribution is 0.449. The van der Waals surface area contributed by atoms with Crippen LogP contribution in [-0.2, 0) is 10.0 Å². The average Bonchev–Trinajstić information content (AvgIpc) is 3.14. The lowest BCUT2D eigenvalue weighted by Gasteiger charge is -2.16. The number of fused-ring (bicyclic) bond motifs is 3. The van der Waals surface area contributed by atoms with Gasteiger partial charge in [0.15, 0.2) is 11.3 Å². The van der Waals surface area contributed by atoms with Crippen LogP contribution in [0.1, 0.15) is 44.3 Å². The van der Waals surface area contributed by atoms with Gasteiger partial charge < -0.3 is 4.98 Å². The third-order valence-corrected chi connectivity index (χ3v) is 8.70. The first-order valence-electron chi connectivity index (χ1n) is 9.82. The monoisotopic (exact) mass is 456 g/mol. The Balaban J connectivity index is 1.40. The molecular formula is C18H22Cl2N6O2S. The van der Waals surface area contributed by atoms with E-state index in [2.05, 4.69) is 31.8 Å². The highest BCUT2D eigenvalue weighted by Crippen LogP contribution is 2.53. The zero-order valence-electron chi connectivity index (χ0n) is 15.8. The van der Waals surface area contributed by atoms with E-state index in [4.69, 9.17) is 23.2 Å². The molecule has 156 valence electrons. The molecule has 0 radical (unpaired) electrons. The van der Waals surface area contributed by atoms with Gasteiger partial charge >= 0.3 is 0 Å². The van der Waals surface area contributed by atoms with E-state index >= 15 is 0 Å². The molecule has 8 nitrogen and oxygen atoms in total. The summed E-state index contributed by atoms with van der Waals surface area (Å²) in [6.07, 6.45) is 6.46. The molecule has 11 heteroatoms. The minimum atomic E-state index is -3.44. The second-order valence-corrected chi connectivity index (χ2v) is 11.6. The zero-order valence-corrected chi connectivity index (χ0v) is 18.2. The predicted octanol–water partition coefficient (Wildman–Crippen LogP) is 2.99. The van der Waals surface area contributed by atoms with Crippen LogP contribution < -0.4 is 4.72 Å². The van der Waals surface area contributed by atoms with Crippen LogP contribution in [0.3, 0.4) is 0 Å². The Morgan fingerprint density at radius 2 is 2.14 bits per heavy atom. The highest BCUT2D eigenvalue weighted by atomic mass is 35.5. The van der Waals surface area contributed by atoms with Crippen LogP contribution in [0.15, 0.2) is 18.5 Å².